The van der Waals surface area contributed by atoms with Crippen molar-refractivity contribution < 1.29 is 4.79 Å². The first-order valence-electron chi connectivity index (χ1n) is 7.58. The van der Waals surface area contributed by atoms with Gasteiger partial charge in [0.25, 0.3) is 0 Å². The molecule has 0 spiro atoms. The van der Waals surface area contributed by atoms with Gasteiger partial charge < -0.3 is 9.88 Å². The fourth-order valence-electron chi connectivity index (χ4n) is 3.39. The van der Waals surface area contributed by atoms with E-state index in [2.05, 4.69) is 31.5 Å². The number of amides is 1. The highest BCUT2D eigenvalue weighted by molar-refractivity contribution is 7.10. The average molecular weight is 302 g/mol. The first-order chi connectivity index (χ1) is 10.3. The lowest BCUT2D eigenvalue weighted by Gasteiger charge is -2.21. The molecule has 0 fully saturated rings. The van der Waals surface area contributed by atoms with E-state index in [1.165, 1.54) is 10.4 Å². The summed E-state index contributed by atoms with van der Waals surface area (Å²) in [5.41, 5.74) is 1.23. The molecule has 1 N–H and O–H groups in total. The molecular weight excluding hydrogens is 284 g/mol. The number of aryl methyl sites for hydroxylation is 2. The predicted molar refractivity (Wildman–Crippen MR) is 80.2 cm³/mol. The third-order valence-corrected chi connectivity index (χ3v) is 5.47. The molecule has 21 heavy (non-hydrogen) atoms. The maximum atomic E-state index is 12.5. The molecule has 1 aliphatic carbocycles. The minimum atomic E-state index is 0.0148. The smallest absolute Gasteiger partial charge is 0.227 e. The van der Waals surface area contributed by atoms with E-state index in [0.717, 1.165) is 50.3 Å². The highest BCUT2D eigenvalue weighted by Gasteiger charge is 2.27. The molecule has 5 nitrogen and oxygen atoms in total. The van der Waals surface area contributed by atoms with Crippen LogP contribution in [-0.2, 0) is 30.7 Å². The lowest BCUT2D eigenvalue weighted by molar-refractivity contribution is -0.123. The fourth-order valence-corrected chi connectivity index (χ4v) is 4.38. The van der Waals surface area contributed by atoms with Crippen LogP contribution in [0.3, 0.4) is 0 Å². The van der Waals surface area contributed by atoms with Crippen LogP contribution < -0.4 is 5.32 Å². The highest BCUT2D eigenvalue weighted by atomic mass is 32.1. The lowest BCUT2D eigenvalue weighted by atomic mass is 9.87. The zero-order valence-electron chi connectivity index (χ0n) is 11.8. The standard InChI is InChI=1S/C15H18N4OS/c20-15(11-3-1-4-12-10(11)6-8-21-12)16-9-14-18-17-13-5-2-7-19(13)14/h6,8,11H,1-5,7,9H2,(H,16,20). The molecule has 2 aliphatic rings. The molecule has 0 saturated carbocycles. The van der Waals surface area contributed by atoms with Gasteiger partial charge in [-0.25, -0.2) is 0 Å². The number of nitrogens with zero attached hydrogens (tertiary/aromatic N) is 3. The van der Waals surface area contributed by atoms with E-state index in [0.29, 0.717) is 6.54 Å². The topological polar surface area (TPSA) is 59.8 Å². The van der Waals surface area contributed by atoms with E-state index in [1.807, 2.05) is 0 Å². The monoisotopic (exact) mass is 302 g/mol. The first-order valence-corrected chi connectivity index (χ1v) is 8.46. The van der Waals surface area contributed by atoms with E-state index in [-0.39, 0.29) is 11.8 Å². The lowest BCUT2D eigenvalue weighted by Crippen LogP contribution is -2.31. The summed E-state index contributed by atoms with van der Waals surface area (Å²) in [5, 5.41) is 13.5. The molecule has 1 aliphatic heterocycles. The summed E-state index contributed by atoms with van der Waals surface area (Å²) in [4.78, 5) is 13.9. The number of carbonyl (C=O) groups is 1. The van der Waals surface area contributed by atoms with Crippen molar-refractivity contribution in [2.75, 3.05) is 0 Å². The molecule has 2 aromatic heterocycles. The summed E-state index contributed by atoms with van der Waals surface area (Å²) in [6.07, 6.45) is 5.31. The molecule has 4 rings (SSSR count). The highest BCUT2D eigenvalue weighted by Crippen LogP contribution is 2.35. The molecule has 1 amide bonds. The second-order valence-corrected chi connectivity index (χ2v) is 6.75. The molecule has 1 unspecified atom stereocenters. The van der Waals surface area contributed by atoms with E-state index in [9.17, 15) is 4.79 Å². The van der Waals surface area contributed by atoms with Gasteiger partial charge in [-0.1, -0.05) is 0 Å². The minimum absolute atomic E-state index is 0.0148. The summed E-state index contributed by atoms with van der Waals surface area (Å²) < 4.78 is 2.14. The van der Waals surface area contributed by atoms with Gasteiger partial charge in [-0.3, -0.25) is 4.79 Å². The Kier molecular flexibility index (Phi) is 3.25. The van der Waals surface area contributed by atoms with Gasteiger partial charge in [0, 0.05) is 17.8 Å². The minimum Gasteiger partial charge on any atom is -0.348 e. The Morgan fingerprint density at radius 3 is 3.29 bits per heavy atom. The summed E-state index contributed by atoms with van der Waals surface area (Å²) >= 11 is 1.77. The molecule has 0 saturated heterocycles. The quantitative estimate of drug-likeness (QED) is 0.943. The third-order valence-electron chi connectivity index (χ3n) is 4.48. The fraction of sp³-hybridized carbons (Fsp3) is 0.533. The number of rotatable bonds is 3. The van der Waals surface area contributed by atoms with Crippen LogP contribution in [0.1, 0.15) is 47.3 Å². The maximum Gasteiger partial charge on any atom is 0.227 e. The van der Waals surface area contributed by atoms with Crippen molar-refractivity contribution in [1.82, 2.24) is 20.1 Å². The zero-order valence-corrected chi connectivity index (χ0v) is 12.7. The third kappa shape index (κ3) is 2.27. The Morgan fingerprint density at radius 1 is 1.38 bits per heavy atom. The van der Waals surface area contributed by atoms with Crippen molar-refractivity contribution in [3.05, 3.63) is 33.5 Å². The van der Waals surface area contributed by atoms with Crippen molar-refractivity contribution in [1.29, 1.82) is 0 Å². The van der Waals surface area contributed by atoms with Crippen LogP contribution >= 0.6 is 11.3 Å². The van der Waals surface area contributed by atoms with E-state index in [4.69, 9.17) is 0 Å². The summed E-state index contributed by atoms with van der Waals surface area (Å²) in [6, 6.07) is 2.11. The van der Waals surface area contributed by atoms with Crippen LogP contribution in [0.5, 0.6) is 0 Å². The Hall–Kier alpha value is -1.69. The van der Waals surface area contributed by atoms with Gasteiger partial charge in [0.15, 0.2) is 5.82 Å². The predicted octanol–water partition coefficient (Wildman–Crippen LogP) is 2.02. The van der Waals surface area contributed by atoms with Crippen LogP contribution in [0.2, 0.25) is 0 Å². The van der Waals surface area contributed by atoms with Crippen molar-refractivity contribution >= 4 is 17.2 Å². The Morgan fingerprint density at radius 2 is 2.33 bits per heavy atom. The SMILES string of the molecule is O=C(NCc1nnc2n1CCC2)C1CCCc2sccc21. The van der Waals surface area contributed by atoms with Gasteiger partial charge in [-0.2, -0.15) is 0 Å². The normalized spacial score (nSPS) is 20.1. The van der Waals surface area contributed by atoms with E-state index < -0.39 is 0 Å². The number of thiophene rings is 1. The number of fused-ring (bicyclic) bond motifs is 2. The number of aromatic nitrogens is 3. The van der Waals surface area contributed by atoms with Crippen molar-refractivity contribution in [2.24, 2.45) is 0 Å². The van der Waals surface area contributed by atoms with Gasteiger partial charge in [0.05, 0.1) is 12.5 Å². The molecule has 6 heteroatoms. The zero-order chi connectivity index (χ0) is 14.2. The number of nitrogens with one attached hydrogen (secondary N) is 1. The van der Waals surface area contributed by atoms with Crippen LogP contribution in [-0.4, -0.2) is 20.7 Å². The molecule has 1 atom stereocenters. The first kappa shape index (κ1) is 13.0. The van der Waals surface area contributed by atoms with E-state index in [1.54, 1.807) is 11.3 Å². The second kappa shape index (κ2) is 5.26. The molecular formula is C15H18N4OS. The van der Waals surface area contributed by atoms with Crippen LogP contribution in [0.4, 0.5) is 0 Å². The van der Waals surface area contributed by atoms with Gasteiger partial charge in [-0.15, -0.1) is 21.5 Å². The number of carbonyl (C=O) groups excluding carboxylic acids is 1. The summed E-state index contributed by atoms with van der Waals surface area (Å²) in [7, 11) is 0. The number of hydrogen-bond acceptors (Lipinski definition) is 4. The molecule has 2 aromatic rings. The summed E-state index contributed by atoms with van der Waals surface area (Å²) in [5.74, 6) is 2.08. The average Bonchev–Trinajstić information content (AvgIpc) is 3.20. The molecule has 0 bridgehead atoms. The Bertz CT molecular complexity index is 675. The maximum absolute atomic E-state index is 12.5. The van der Waals surface area contributed by atoms with Crippen LogP contribution in [0.25, 0.3) is 0 Å². The Balaban J connectivity index is 1.45. The molecule has 0 aromatic carbocycles. The van der Waals surface area contributed by atoms with E-state index >= 15 is 0 Å². The summed E-state index contributed by atoms with van der Waals surface area (Å²) in [6.45, 7) is 1.47. The van der Waals surface area contributed by atoms with Crippen molar-refractivity contribution in [2.45, 2.75) is 51.1 Å². The molecule has 110 valence electrons. The van der Waals surface area contributed by atoms with Gasteiger partial charge in [0.2, 0.25) is 5.91 Å². The number of hydrogen-bond donors (Lipinski definition) is 1. The van der Waals surface area contributed by atoms with Crippen molar-refractivity contribution in [3.8, 4) is 0 Å². The Labute approximate surface area is 127 Å². The van der Waals surface area contributed by atoms with Gasteiger partial charge >= 0.3 is 0 Å². The van der Waals surface area contributed by atoms with Crippen LogP contribution in [0, 0.1) is 0 Å². The van der Waals surface area contributed by atoms with Crippen molar-refractivity contribution in [3.63, 3.8) is 0 Å². The second-order valence-electron chi connectivity index (χ2n) is 5.75. The molecule has 0 radical (unpaired) electrons. The molecule has 3 heterocycles. The van der Waals surface area contributed by atoms with Crippen LogP contribution in [0.15, 0.2) is 11.4 Å². The van der Waals surface area contributed by atoms with Gasteiger partial charge in [0.1, 0.15) is 5.82 Å². The van der Waals surface area contributed by atoms with Gasteiger partial charge in [-0.05, 0) is 42.7 Å². The largest absolute Gasteiger partial charge is 0.348 e.